The molecule has 3 aliphatic rings. The summed E-state index contributed by atoms with van der Waals surface area (Å²) in [6.45, 7) is 6.23. The highest BCUT2D eigenvalue weighted by molar-refractivity contribution is 8.76. The standard InChI is InChI=1S/C58H96N16O15S2/c1-6-32(3)45-53(84)68-39(50(81)66-37(57(88)89)26-35-16-9-8-10-17-35)30-90-91-31-40(67-48(79)36(64-43(77)27-60)18-13-22-63-58(61)62)51(82)71-47(34(5)76)55(86)72(23-12-11-21-59)28-44(78)65-38(29-75)49(80)70-46(33(4)7-2)56(87)74-25-15-20-42(74)54(85)73-24-14-19-41(73)52(83)69-45/h8-10,16-17,32-34,36-42,45-47,58,63,75-76H,6-7,11-15,18-31,59-62H2,1-5H3,(H,64,77)(H,65,78)(H,66,81)(H,67,79)(H,68,84)(H,69,83)(H,70,80)(H,71,82)(H,88,89)/t32-,33-,34+,36-,37-,38-,39-,40-,41-,42-,45-,46-,47-/m0/s1. The Labute approximate surface area is 538 Å². The van der Waals surface area contributed by atoms with Crippen LogP contribution < -0.4 is 70.8 Å². The quantitative estimate of drug-likeness (QED) is 0.0262. The summed E-state index contributed by atoms with van der Waals surface area (Å²) in [6, 6.07) is -5.88. The molecule has 1 aromatic rings. The van der Waals surface area contributed by atoms with Crippen molar-refractivity contribution in [3.63, 3.8) is 0 Å². The molecule has 0 unspecified atom stereocenters. The monoisotopic (exact) mass is 1320 g/mol. The predicted octanol–water partition coefficient (Wildman–Crippen LogP) is -4.87. The summed E-state index contributed by atoms with van der Waals surface area (Å²) in [5.41, 5.74) is 23.2. The number of nitrogens with two attached hydrogens (primary N) is 4. The Kier molecular flexibility index (Phi) is 32.9. The molecule has 13 atom stereocenters. The molecular formula is C58H96N16O15S2. The van der Waals surface area contributed by atoms with Crippen LogP contribution in [0.15, 0.2) is 30.3 Å². The van der Waals surface area contributed by atoms with Crippen molar-refractivity contribution in [1.29, 1.82) is 0 Å². The van der Waals surface area contributed by atoms with Crippen LogP contribution in [-0.4, -0.2) is 238 Å². The fraction of sp³-hybridized carbons (Fsp3) is 0.690. The molecule has 0 spiro atoms. The fourth-order valence-corrected chi connectivity index (χ4v) is 12.9. The van der Waals surface area contributed by atoms with Crippen molar-refractivity contribution in [3.05, 3.63) is 35.9 Å². The molecule has 0 bridgehead atoms. The van der Waals surface area contributed by atoms with E-state index in [4.69, 9.17) is 22.9 Å². The lowest BCUT2D eigenvalue weighted by atomic mass is 9.96. The molecule has 1 aromatic carbocycles. The molecule has 0 aliphatic carbocycles. The topological polar surface area (TPSA) is 488 Å². The number of nitrogens with one attached hydrogen (secondary N) is 9. The molecule has 31 nitrogen and oxygen atoms in total. The van der Waals surface area contributed by atoms with Crippen LogP contribution in [0, 0.1) is 11.8 Å². The lowest BCUT2D eigenvalue weighted by Crippen LogP contribution is -2.61. The summed E-state index contributed by atoms with van der Waals surface area (Å²) >= 11 is 0. The number of amides is 11. The first kappa shape index (κ1) is 76.7. The Hall–Kier alpha value is -6.72. The van der Waals surface area contributed by atoms with Gasteiger partial charge in [0, 0.05) is 37.6 Å². The van der Waals surface area contributed by atoms with Gasteiger partial charge in [0.2, 0.25) is 65.0 Å². The van der Waals surface area contributed by atoms with Gasteiger partial charge in [-0.15, -0.1) is 0 Å². The third-order valence-corrected chi connectivity index (χ3v) is 18.7. The summed E-state index contributed by atoms with van der Waals surface area (Å²) in [5, 5.41) is 55.6. The van der Waals surface area contributed by atoms with Crippen LogP contribution in [0.25, 0.3) is 0 Å². The van der Waals surface area contributed by atoms with Crippen LogP contribution in [0.1, 0.15) is 104 Å². The van der Waals surface area contributed by atoms with Crippen LogP contribution in [0.5, 0.6) is 0 Å². The number of hydrogen-bond acceptors (Lipinski definition) is 21. The molecule has 4 rings (SSSR count). The summed E-state index contributed by atoms with van der Waals surface area (Å²) in [4.78, 5) is 174. The maximum atomic E-state index is 14.7. The molecule has 0 saturated carbocycles. The highest BCUT2D eigenvalue weighted by Crippen LogP contribution is 2.28. The predicted molar refractivity (Wildman–Crippen MR) is 339 cm³/mol. The molecule has 91 heavy (non-hydrogen) atoms. The van der Waals surface area contributed by atoms with Crippen LogP contribution >= 0.6 is 21.6 Å². The van der Waals surface area contributed by atoms with Gasteiger partial charge in [0.05, 0.1) is 25.8 Å². The Balaban J connectivity index is 1.86. The lowest BCUT2D eigenvalue weighted by Gasteiger charge is -2.35. The molecule has 3 heterocycles. The van der Waals surface area contributed by atoms with Crippen molar-refractivity contribution < 1.29 is 72.9 Å². The van der Waals surface area contributed by atoms with Gasteiger partial charge >= 0.3 is 5.97 Å². The fourth-order valence-electron chi connectivity index (χ4n) is 10.6. The van der Waals surface area contributed by atoms with Gasteiger partial charge in [-0.2, -0.15) is 0 Å². The van der Waals surface area contributed by atoms with Gasteiger partial charge in [-0.1, -0.05) is 92.5 Å². The Morgan fingerprint density at radius 2 is 1.32 bits per heavy atom. The van der Waals surface area contributed by atoms with Crippen molar-refractivity contribution in [3.8, 4) is 0 Å². The molecule has 33 heteroatoms. The molecule has 510 valence electrons. The first-order chi connectivity index (χ1) is 43.3. The normalized spacial score (nSPS) is 24.9. The number of aliphatic carboxylic acids is 1. The van der Waals surface area contributed by atoms with E-state index in [2.05, 4.69) is 47.9 Å². The van der Waals surface area contributed by atoms with Gasteiger partial charge < -0.3 is 95.5 Å². The average Bonchev–Trinajstić information content (AvgIpc) is 1.74. The van der Waals surface area contributed by atoms with Crippen molar-refractivity contribution in [2.75, 3.05) is 63.9 Å². The second-order valence-corrected chi connectivity index (χ2v) is 25.7. The maximum Gasteiger partial charge on any atom is 0.326 e. The first-order valence-electron chi connectivity index (χ1n) is 31.1. The highest BCUT2D eigenvalue weighted by atomic mass is 33.1. The van der Waals surface area contributed by atoms with E-state index in [0.29, 0.717) is 37.7 Å². The number of carbonyl (C=O) groups is 12. The van der Waals surface area contributed by atoms with Gasteiger partial charge in [0.25, 0.3) is 0 Å². The maximum absolute atomic E-state index is 14.7. The second-order valence-electron chi connectivity index (χ2n) is 23.1. The number of rotatable bonds is 24. The zero-order chi connectivity index (χ0) is 67.5. The Morgan fingerprint density at radius 1 is 0.703 bits per heavy atom. The molecule has 0 radical (unpaired) electrons. The molecule has 0 aromatic heterocycles. The number of carboxylic acid groups (broad SMARTS) is 1. The lowest BCUT2D eigenvalue weighted by molar-refractivity contribution is -0.149. The summed E-state index contributed by atoms with van der Waals surface area (Å²) in [7, 11) is 1.77. The number of carbonyl (C=O) groups excluding carboxylic acids is 11. The van der Waals surface area contributed by atoms with Crippen molar-refractivity contribution in [2.24, 2.45) is 34.8 Å². The molecular weight excluding hydrogens is 1220 g/mol. The third kappa shape index (κ3) is 23.7. The first-order valence-corrected chi connectivity index (χ1v) is 33.5. The van der Waals surface area contributed by atoms with E-state index in [1.807, 2.05) is 0 Å². The van der Waals surface area contributed by atoms with Crippen molar-refractivity contribution >= 4 is 92.5 Å². The largest absolute Gasteiger partial charge is 0.480 e. The van der Waals surface area contributed by atoms with Gasteiger partial charge in [0.1, 0.15) is 66.7 Å². The minimum Gasteiger partial charge on any atom is -0.480 e. The van der Waals surface area contributed by atoms with Gasteiger partial charge in [-0.25, -0.2) is 4.79 Å². The minimum atomic E-state index is -1.83. The molecule has 3 saturated heterocycles. The second kappa shape index (κ2) is 39.0. The number of carboxylic acids is 1. The Bertz CT molecular complexity index is 2630. The SMILES string of the molecule is CC[C@H](C)[C@@H]1NC(=O)[C@@H]2CCCN2C(=O)[C@@H]2CCCN2C(=O)[C@H]([C@@H](C)CC)NC(=O)[C@H](CO)NC(=O)CN(CCCCN)C(=O)[C@H]([C@@H](C)O)NC(=O)[C@@H](NC(=O)[C@H](CCCNC(N)N)NC(=O)CN)CSSC[C@@H](C(=O)N[C@@H](Cc2ccccc2)C(=O)O)NC1=O. The van der Waals surface area contributed by atoms with Gasteiger partial charge in [-0.05, 0) is 88.8 Å². The van der Waals surface area contributed by atoms with E-state index in [9.17, 15) is 72.9 Å². The zero-order valence-electron chi connectivity index (χ0n) is 52.5. The zero-order valence-corrected chi connectivity index (χ0v) is 54.2. The Morgan fingerprint density at radius 3 is 1.92 bits per heavy atom. The van der Waals surface area contributed by atoms with Crippen LogP contribution in [0.2, 0.25) is 0 Å². The summed E-state index contributed by atoms with van der Waals surface area (Å²) in [5.74, 6) is -12.6. The van der Waals surface area contributed by atoms with Gasteiger partial charge in [-0.3, -0.25) is 58.1 Å². The van der Waals surface area contributed by atoms with E-state index in [1.165, 1.54) is 16.7 Å². The molecule has 20 N–H and O–H groups in total. The van der Waals surface area contributed by atoms with E-state index >= 15 is 0 Å². The number of nitrogens with zero attached hydrogens (tertiary/aromatic N) is 3. The number of aliphatic hydroxyl groups is 2. The third-order valence-electron chi connectivity index (χ3n) is 16.2. The smallest absolute Gasteiger partial charge is 0.326 e. The summed E-state index contributed by atoms with van der Waals surface area (Å²) in [6.07, 6.45) is -0.172. The highest BCUT2D eigenvalue weighted by Gasteiger charge is 2.46. The van der Waals surface area contributed by atoms with Crippen LogP contribution in [0.3, 0.4) is 0 Å². The van der Waals surface area contributed by atoms with Crippen molar-refractivity contribution in [2.45, 2.75) is 178 Å². The van der Waals surface area contributed by atoms with Gasteiger partial charge in [0.15, 0.2) is 0 Å². The average molecular weight is 1320 g/mol. The van der Waals surface area contributed by atoms with Crippen LogP contribution in [-0.2, 0) is 64.0 Å². The number of fused-ring (bicyclic) bond motifs is 2. The number of hydrogen-bond donors (Lipinski definition) is 16. The van der Waals surface area contributed by atoms with Crippen molar-refractivity contribution in [1.82, 2.24) is 62.6 Å². The van der Waals surface area contributed by atoms with E-state index < -0.39 is 181 Å². The molecule has 3 fully saturated rings. The minimum absolute atomic E-state index is 0.0379. The number of unbranched alkanes of at least 4 members (excludes halogenated alkanes) is 1. The summed E-state index contributed by atoms with van der Waals surface area (Å²) < 4.78 is 0. The molecule has 3 aliphatic heterocycles. The number of aliphatic hydroxyl groups excluding tert-OH is 2. The van der Waals surface area contributed by atoms with Crippen LogP contribution in [0.4, 0.5) is 0 Å². The van der Waals surface area contributed by atoms with E-state index in [0.717, 1.165) is 26.5 Å². The number of benzene rings is 1. The molecule has 11 amide bonds. The van der Waals surface area contributed by atoms with E-state index in [1.54, 1.807) is 58.0 Å². The van der Waals surface area contributed by atoms with E-state index in [-0.39, 0.29) is 77.0 Å².